The third-order valence-corrected chi connectivity index (χ3v) is 2.52. The zero-order valence-electron chi connectivity index (χ0n) is 12.1. The van der Waals surface area contributed by atoms with E-state index in [1.165, 1.54) is 24.5 Å². The van der Waals surface area contributed by atoms with Gasteiger partial charge in [0.2, 0.25) is 0 Å². The van der Waals surface area contributed by atoms with Crippen molar-refractivity contribution in [2.24, 2.45) is 0 Å². The topological polar surface area (TPSA) is 66.9 Å². The molecule has 0 radical (unpaired) electrons. The molecule has 0 aliphatic rings. The SMILES string of the molecule is CC(C)(C)Nc1cc(C(=O)Nc2ccccc2F)ncn1. The normalized spacial score (nSPS) is 11.0. The van der Waals surface area contributed by atoms with Crippen LogP contribution in [0.3, 0.4) is 0 Å². The largest absolute Gasteiger partial charge is 0.365 e. The predicted octanol–water partition coefficient (Wildman–Crippen LogP) is 3.08. The van der Waals surface area contributed by atoms with E-state index in [0.717, 1.165) is 0 Å². The molecule has 0 bridgehead atoms. The minimum absolute atomic E-state index is 0.117. The molecular formula is C15H17FN4O. The van der Waals surface area contributed by atoms with Gasteiger partial charge in [-0.1, -0.05) is 12.1 Å². The van der Waals surface area contributed by atoms with Gasteiger partial charge in [0, 0.05) is 11.6 Å². The molecule has 6 heteroatoms. The lowest BCUT2D eigenvalue weighted by Crippen LogP contribution is -2.27. The van der Waals surface area contributed by atoms with E-state index >= 15 is 0 Å². The van der Waals surface area contributed by atoms with Crippen LogP contribution in [0.4, 0.5) is 15.9 Å². The number of hydrogen-bond acceptors (Lipinski definition) is 4. The van der Waals surface area contributed by atoms with Gasteiger partial charge in [0.1, 0.15) is 23.7 Å². The maximum Gasteiger partial charge on any atom is 0.274 e. The lowest BCUT2D eigenvalue weighted by Gasteiger charge is -2.21. The fourth-order valence-corrected chi connectivity index (χ4v) is 1.68. The van der Waals surface area contributed by atoms with E-state index in [0.29, 0.717) is 5.82 Å². The van der Waals surface area contributed by atoms with Gasteiger partial charge in [-0.25, -0.2) is 14.4 Å². The first-order valence-corrected chi connectivity index (χ1v) is 6.51. The highest BCUT2D eigenvalue weighted by molar-refractivity contribution is 6.03. The summed E-state index contributed by atoms with van der Waals surface area (Å²) in [5.41, 5.74) is 0.0969. The molecule has 1 amide bonds. The molecule has 0 aliphatic heterocycles. The van der Waals surface area contributed by atoms with E-state index in [4.69, 9.17) is 0 Å². The van der Waals surface area contributed by atoms with Gasteiger partial charge in [0.25, 0.3) is 5.91 Å². The fourth-order valence-electron chi connectivity index (χ4n) is 1.68. The number of para-hydroxylation sites is 1. The summed E-state index contributed by atoms with van der Waals surface area (Å²) >= 11 is 0. The molecule has 0 saturated carbocycles. The van der Waals surface area contributed by atoms with E-state index < -0.39 is 11.7 Å². The standard InChI is InChI=1S/C15H17FN4O/c1-15(2,3)20-13-8-12(17-9-18-13)14(21)19-11-7-5-4-6-10(11)16/h4-9H,1-3H3,(H,19,21)(H,17,18,20). The Labute approximate surface area is 122 Å². The zero-order valence-corrected chi connectivity index (χ0v) is 12.1. The Balaban J connectivity index is 2.16. The van der Waals surface area contributed by atoms with E-state index in [-0.39, 0.29) is 16.9 Å². The Hall–Kier alpha value is -2.50. The number of halogens is 1. The van der Waals surface area contributed by atoms with Crippen LogP contribution in [0.15, 0.2) is 36.7 Å². The molecule has 2 rings (SSSR count). The number of carbonyl (C=O) groups excluding carboxylic acids is 1. The van der Waals surface area contributed by atoms with Crippen molar-refractivity contribution in [2.75, 3.05) is 10.6 Å². The van der Waals surface area contributed by atoms with E-state index in [2.05, 4.69) is 20.6 Å². The van der Waals surface area contributed by atoms with Crippen LogP contribution >= 0.6 is 0 Å². The fraction of sp³-hybridized carbons (Fsp3) is 0.267. The summed E-state index contributed by atoms with van der Waals surface area (Å²) in [6.45, 7) is 5.94. The number of nitrogens with zero attached hydrogens (tertiary/aromatic N) is 2. The Morgan fingerprint density at radius 3 is 2.57 bits per heavy atom. The minimum Gasteiger partial charge on any atom is -0.365 e. The number of carbonyl (C=O) groups is 1. The molecule has 5 nitrogen and oxygen atoms in total. The van der Waals surface area contributed by atoms with Crippen LogP contribution in [0, 0.1) is 5.82 Å². The summed E-state index contributed by atoms with van der Waals surface area (Å²) in [5.74, 6) is -0.441. The first-order valence-electron chi connectivity index (χ1n) is 6.51. The Bertz CT molecular complexity index is 652. The van der Waals surface area contributed by atoms with Gasteiger partial charge in [-0.2, -0.15) is 0 Å². The summed E-state index contributed by atoms with van der Waals surface area (Å²) in [7, 11) is 0. The van der Waals surface area contributed by atoms with Gasteiger partial charge in [-0.15, -0.1) is 0 Å². The van der Waals surface area contributed by atoms with Crippen molar-refractivity contribution >= 4 is 17.4 Å². The Kier molecular flexibility index (Phi) is 4.16. The van der Waals surface area contributed by atoms with Crippen LogP contribution in [0.5, 0.6) is 0 Å². The molecule has 1 heterocycles. The van der Waals surface area contributed by atoms with E-state index in [1.807, 2.05) is 20.8 Å². The zero-order chi connectivity index (χ0) is 15.5. The summed E-state index contributed by atoms with van der Waals surface area (Å²) in [6.07, 6.45) is 1.30. The molecule has 0 spiro atoms. The Morgan fingerprint density at radius 1 is 1.19 bits per heavy atom. The summed E-state index contributed by atoms with van der Waals surface area (Å²) in [6, 6.07) is 7.50. The Morgan fingerprint density at radius 2 is 1.90 bits per heavy atom. The molecule has 1 aromatic carbocycles. The van der Waals surface area contributed by atoms with Crippen LogP contribution in [-0.4, -0.2) is 21.4 Å². The monoisotopic (exact) mass is 288 g/mol. The third kappa shape index (κ3) is 4.24. The second-order valence-corrected chi connectivity index (χ2v) is 5.60. The predicted molar refractivity (Wildman–Crippen MR) is 79.8 cm³/mol. The summed E-state index contributed by atoms with van der Waals surface area (Å²) < 4.78 is 13.5. The maximum atomic E-state index is 13.5. The molecule has 0 saturated heterocycles. The molecule has 1 aromatic heterocycles. The number of aromatic nitrogens is 2. The maximum absolute atomic E-state index is 13.5. The van der Waals surface area contributed by atoms with Crippen molar-refractivity contribution in [3.63, 3.8) is 0 Å². The first kappa shape index (κ1) is 14.9. The van der Waals surface area contributed by atoms with Crippen LogP contribution in [0.25, 0.3) is 0 Å². The highest BCUT2D eigenvalue weighted by atomic mass is 19.1. The van der Waals surface area contributed by atoms with Crippen molar-refractivity contribution in [1.29, 1.82) is 0 Å². The van der Waals surface area contributed by atoms with Crippen LogP contribution in [0.2, 0.25) is 0 Å². The second kappa shape index (κ2) is 5.87. The van der Waals surface area contributed by atoms with Gasteiger partial charge in [0.15, 0.2) is 0 Å². The van der Waals surface area contributed by atoms with E-state index in [1.54, 1.807) is 12.1 Å². The van der Waals surface area contributed by atoms with Crippen molar-refractivity contribution in [1.82, 2.24) is 9.97 Å². The second-order valence-electron chi connectivity index (χ2n) is 5.60. The summed E-state index contributed by atoms with van der Waals surface area (Å²) in [4.78, 5) is 20.1. The average molecular weight is 288 g/mol. The summed E-state index contributed by atoms with van der Waals surface area (Å²) in [5, 5.41) is 5.63. The van der Waals surface area contributed by atoms with Crippen molar-refractivity contribution in [2.45, 2.75) is 26.3 Å². The van der Waals surface area contributed by atoms with Gasteiger partial charge in [0.05, 0.1) is 5.69 Å². The number of rotatable bonds is 3. The van der Waals surface area contributed by atoms with Gasteiger partial charge in [-0.3, -0.25) is 4.79 Å². The highest BCUT2D eigenvalue weighted by Crippen LogP contribution is 2.15. The molecule has 2 N–H and O–H groups in total. The highest BCUT2D eigenvalue weighted by Gasteiger charge is 2.14. The van der Waals surface area contributed by atoms with Crippen LogP contribution < -0.4 is 10.6 Å². The van der Waals surface area contributed by atoms with Gasteiger partial charge >= 0.3 is 0 Å². The number of benzene rings is 1. The molecule has 0 fully saturated rings. The number of nitrogens with one attached hydrogen (secondary N) is 2. The van der Waals surface area contributed by atoms with Gasteiger partial charge in [-0.05, 0) is 32.9 Å². The number of hydrogen-bond donors (Lipinski definition) is 2. The molecule has 21 heavy (non-hydrogen) atoms. The molecule has 2 aromatic rings. The van der Waals surface area contributed by atoms with Gasteiger partial charge < -0.3 is 10.6 Å². The van der Waals surface area contributed by atoms with Crippen molar-refractivity contribution in [3.05, 3.63) is 48.2 Å². The molecule has 0 atom stereocenters. The molecular weight excluding hydrogens is 271 g/mol. The van der Waals surface area contributed by atoms with Crippen LogP contribution in [0.1, 0.15) is 31.3 Å². The first-order chi connectivity index (χ1) is 9.85. The molecule has 0 aliphatic carbocycles. The average Bonchev–Trinajstić information content (AvgIpc) is 2.39. The minimum atomic E-state index is -0.493. The lowest BCUT2D eigenvalue weighted by molar-refractivity contribution is 0.102. The molecule has 0 unspecified atom stereocenters. The van der Waals surface area contributed by atoms with Crippen molar-refractivity contribution < 1.29 is 9.18 Å². The smallest absolute Gasteiger partial charge is 0.274 e. The van der Waals surface area contributed by atoms with Crippen LogP contribution in [-0.2, 0) is 0 Å². The quantitative estimate of drug-likeness (QED) is 0.911. The van der Waals surface area contributed by atoms with Crippen molar-refractivity contribution in [3.8, 4) is 0 Å². The third-order valence-electron chi connectivity index (χ3n) is 2.52. The lowest BCUT2D eigenvalue weighted by atomic mass is 10.1. The number of anilines is 2. The molecule has 110 valence electrons. The number of amides is 1. The van der Waals surface area contributed by atoms with E-state index in [9.17, 15) is 9.18 Å².